The maximum Gasteiger partial charge on any atom is 0.289 e. The van der Waals surface area contributed by atoms with Crippen LogP contribution in [0.4, 0.5) is 11.9 Å². The Kier molecular flexibility index (Phi) is 4.71. The molecule has 1 aliphatic heterocycles. The van der Waals surface area contributed by atoms with Gasteiger partial charge in [0.25, 0.3) is 5.91 Å². The maximum absolute atomic E-state index is 12.3. The molecule has 1 fully saturated rings. The molecule has 0 saturated carbocycles. The first-order valence-electron chi connectivity index (χ1n) is 7.52. The molecular formula is C15H18N6O3. The molecule has 0 atom stereocenters. The molecule has 24 heavy (non-hydrogen) atoms. The van der Waals surface area contributed by atoms with E-state index in [9.17, 15) is 9.90 Å². The molecular weight excluding hydrogens is 312 g/mol. The van der Waals surface area contributed by atoms with Crippen LogP contribution in [0, 0.1) is 0 Å². The van der Waals surface area contributed by atoms with Gasteiger partial charge in [0, 0.05) is 19.6 Å². The lowest BCUT2D eigenvalue weighted by Gasteiger charge is -2.26. The number of hydrogen-bond donors (Lipinski definition) is 3. The second-order valence-electron chi connectivity index (χ2n) is 5.27. The van der Waals surface area contributed by atoms with E-state index in [1.165, 1.54) is 0 Å². The second kappa shape index (κ2) is 7.09. The zero-order valence-electron chi connectivity index (χ0n) is 13.0. The van der Waals surface area contributed by atoms with Gasteiger partial charge in [-0.25, -0.2) is 0 Å². The van der Waals surface area contributed by atoms with E-state index in [2.05, 4.69) is 20.3 Å². The van der Waals surface area contributed by atoms with E-state index >= 15 is 0 Å². The summed E-state index contributed by atoms with van der Waals surface area (Å²) in [7, 11) is 0. The highest BCUT2D eigenvalue weighted by atomic mass is 16.5. The maximum atomic E-state index is 12.3. The lowest BCUT2D eigenvalue weighted by Crippen LogP contribution is -2.38. The van der Waals surface area contributed by atoms with Crippen LogP contribution in [0.15, 0.2) is 24.3 Å². The average Bonchev–Trinajstić information content (AvgIpc) is 2.61. The highest BCUT2D eigenvalue weighted by Gasteiger charge is 2.18. The summed E-state index contributed by atoms with van der Waals surface area (Å²) < 4.78 is 5.28. The molecule has 4 N–H and O–H groups in total. The fourth-order valence-corrected chi connectivity index (χ4v) is 2.26. The Morgan fingerprint density at radius 2 is 1.92 bits per heavy atom. The number of rotatable bonds is 4. The number of aromatic hydroxyl groups is 1. The molecule has 0 aliphatic carbocycles. The van der Waals surface area contributed by atoms with Gasteiger partial charge in [0.2, 0.25) is 17.7 Å². The second-order valence-corrected chi connectivity index (χ2v) is 5.27. The van der Waals surface area contributed by atoms with E-state index < -0.39 is 5.91 Å². The van der Waals surface area contributed by atoms with E-state index in [4.69, 9.17) is 10.5 Å². The van der Waals surface area contributed by atoms with Crippen molar-refractivity contribution in [3.8, 4) is 5.75 Å². The van der Waals surface area contributed by atoms with Gasteiger partial charge in [-0.15, -0.1) is 0 Å². The van der Waals surface area contributed by atoms with Crippen molar-refractivity contribution in [1.82, 2.24) is 20.3 Å². The Hall–Kier alpha value is -2.94. The monoisotopic (exact) mass is 330 g/mol. The third kappa shape index (κ3) is 3.87. The quantitative estimate of drug-likeness (QED) is 0.711. The number of nitrogens with one attached hydrogen (secondary N) is 1. The summed E-state index contributed by atoms with van der Waals surface area (Å²) in [6.45, 7) is 2.72. The minimum Gasteiger partial charge on any atom is -0.508 e. The van der Waals surface area contributed by atoms with Gasteiger partial charge in [0.15, 0.2) is 0 Å². The van der Waals surface area contributed by atoms with Crippen LogP contribution in [0.1, 0.15) is 16.2 Å². The number of ether oxygens (including phenoxy) is 1. The summed E-state index contributed by atoms with van der Waals surface area (Å²) in [5, 5.41) is 12.0. The zero-order chi connectivity index (χ0) is 16.9. The summed E-state index contributed by atoms with van der Waals surface area (Å²) in [5.74, 6) is 0.0850. The minimum absolute atomic E-state index is 0.00118. The van der Waals surface area contributed by atoms with Crippen LogP contribution in [0.3, 0.4) is 0 Å². The van der Waals surface area contributed by atoms with Gasteiger partial charge < -0.3 is 25.8 Å². The Morgan fingerprint density at radius 3 is 2.62 bits per heavy atom. The number of amides is 1. The summed E-state index contributed by atoms with van der Waals surface area (Å²) in [6.07, 6.45) is 0. The molecule has 3 rings (SSSR count). The van der Waals surface area contributed by atoms with E-state index in [-0.39, 0.29) is 24.1 Å². The topological polar surface area (TPSA) is 126 Å². The largest absolute Gasteiger partial charge is 0.508 e. The number of nitrogens with zero attached hydrogens (tertiary/aromatic N) is 4. The molecule has 9 heteroatoms. The van der Waals surface area contributed by atoms with Crippen LogP contribution >= 0.6 is 0 Å². The van der Waals surface area contributed by atoms with Crippen LogP contribution in [0.25, 0.3) is 0 Å². The molecule has 1 aromatic carbocycles. The van der Waals surface area contributed by atoms with Gasteiger partial charge in [0.1, 0.15) is 5.75 Å². The first kappa shape index (κ1) is 15.9. The van der Waals surface area contributed by atoms with Crippen LogP contribution in [0.2, 0.25) is 0 Å². The molecule has 126 valence electrons. The number of aromatic nitrogens is 3. The third-order valence-electron chi connectivity index (χ3n) is 3.53. The van der Waals surface area contributed by atoms with E-state index in [0.717, 1.165) is 5.56 Å². The normalized spacial score (nSPS) is 14.4. The van der Waals surface area contributed by atoms with Crippen molar-refractivity contribution in [1.29, 1.82) is 0 Å². The van der Waals surface area contributed by atoms with Crippen molar-refractivity contribution in [2.24, 2.45) is 0 Å². The average molecular weight is 330 g/mol. The van der Waals surface area contributed by atoms with Crippen LogP contribution in [0.5, 0.6) is 5.75 Å². The van der Waals surface area contributed by atoms with Crippen LogP contribution in [-0.2, 0) is 11.3 Å². The summed E-state index contributed by atoms with van der Waals surface area (Å²) in [6, 6.07) is 6.55. The lowest BCUT2D eigenvalue weighted by molar-refractivity contribution is 0.0940. The number of hydrogen-bond acceptors (Lipinski definition) is 8. The first-order chi connectivity index (χ1) is 11.6. The van der Waals surface area contributed by atoms with E-state index in [0.29, 0.717) is 32.3 Å². The molecule has 2 heterocycles. The molecule has 0 spiro atoms. The molecule has 0 unspecified atom stereocenters. The SMILES string of the molecule is Nc1nc(C(=O)NCc2ccc(O)cc2)nc(N2CCOCC2)n1. The number of carbonyl (C=O) groups is 1. The van der Waals surface area contributed by atoms with Crippen molar-refractivity contribution >= 4 is 17.8 Å². The fraction of sp³-hybridized carbons (Fsp3) is 0.333. The minimum atomic E-state index is -0.438. The number of anilines is 2. The van der Waals surface area contributed by atoms with Crippen molar-refractivity contribution in [2.75, 3.05) is 36.9 Å². The predicted molar refractivity (Wildman–Crippen MR) is 86.5 cm³/mol. The van der Waals surface area contributed by atoms with E-state index in [1.807, 2.05) is 4.90 Å². The molecule has 0 radical (unpaired) electrons. The summed E-state index contributed by atoms with van der Waals surface area (Å²) >= 11 is 0. The highest BCUT2D eigenvalue weighted by Crippen LogP contribution is 2.12. The van der Waals surface area contributed by atoms with Crippen molar-refractivity contribution in [3.05, 3.63) is 35.7 Å². The highest BCUT2D eigenvalue weighted by molar-refractivity contribution is 5.90. The first-order valence-corrected chi connectivity index (χ1v) is 7.52. The van der Waals surface area contributed by atoms with Crippen molar-refractivity contribution in [3.63, 3.8) is 0 Å². The standard InChI is InChI=1S/C15H18N6O3/c16-14-18-12(19-15(20-14)21-5-7-24-8-6-21)13(23)17-9-10-1-3-11(22)4-2-10/h1-4,22H,5-9H2,(H,17,23)(H2,16,18,19,20). The number of phenolic OH excluding ortho intramolecular Hbond substituents is 1. The van der Waals surface area contributed by atoms with Crippen molar-refractivity contribution in [2.45, 2.75) is 6.54 Å². The fourth-order valence-electron chi connectivity index (χ4n) is 2.26. The van der Waals surface area contributed by atoms with Crippen molar-refractivity contribution < 1.29 is 14.6 Å². The van der Waals surface area contributed by atoms with Gasteiger partial charge in [-0.1, -0.05) is 12.1 Å². The summed E-state index contributed by atoms with van der Waals surface area (Å²) in [4.78, 5) is 26.3. The van der Waals surface area contributed by atoms with Gasteiger partial charge >= 0.3 is 0 Å². The Bertz CT molecular complexity index is 716. The lowest BCUT2D eigenvalue weighted by atomic mass is 10.2. The van der Waals surface area contributed by atoms with Gasteiger partial charge in [0.05, 0.1) is 13.2 Å². The van der Waals surface area contributed by atoms with Gasteiger partial charge in [-0.3, -0.25) is 4.79 Å². The van der Waals surface area contributed by atoms with E-state index in [1.54, 1.807) is 24.3 Å². The van der Waals surface area contributed by atoms with Gasteiger partial charge in [-0.2, -0.15) is 15.0 Å². The number of nitrogens with two attached hydrogens (primary N) is 1. The molecule has 1 aliphatic rings. The number of morpholine rings is 1. The smallest absolute Gasteiger partial charge is 0.289 e. The van der Waals surface area contributed by atoms with Gasteiger partial charge in [-0.05, 0) is 17.7 Å². The molecule has 1 saturated heterocycles. The Morgan fingerprint density at radius 1 is 1.21 bits per heavy atom. The molecule has 1 amide bonds. The number of carbonyl (C=O) groups excluding carboxylic acids is 1. The molecule has 2 aromatic rings. The molecule has 0 bridgehead atoms. The number of phenols is 1. The Balaban J connectivity index is 1.69. The Labute approximate surface area is 138 Å². The van der Waals surface area contributed by atoms with Crippen LogP contribution < -0.4 is 16.0 Å². The number of benzene rings is 1. The third-order valence-corrected chi connectivity index (χ3v) is 3.53. The summed E-state index contributed by atoms with van der Waals surface area (Å²) in [5.41, 5.74) is 6.54. The molecule has 1 aromatic heterocycles. The predicted octanol–water partition coefficient (Wildman–Crippen LogP) is -0.0740. The number of nitrogen functional groups attached to an aromatic ring is 1. The zero-order valence-corrected chi connectivity index (χ0v) is 13.0. The van der Waals surface area contributed by atoms with Crippen LogP contribution in [-0.4, -0.2) is 52.3 Å². The molecule has 9 nitrogen and oxygen atoms in total.